The lowest BCUT2D eigenvalue weighted by atomic mass is 10.5. The van der Waals surface area contributed by atoms with Crippen molar-refractivity contribution >= 4 is 12.0 Å². The summed E-state index contributed by atoms with van der Waals surface area (Å²) >= 11 is 0. The number of carbonyl (C=O) groups is 2. The Kier molecular flexibility index (Phi) is 3.97. The van der Waals surface area contributed by atoms with Gasteiger partial charge in [0.05, 0.1) is 7.11 Å². The summed E-state index contributed by atoms with van der Waals surface area (Å²) in [5.41, 5.74) is 4.72. The van der Waals surface area contributed by atoms with Gasteiger partial charge in [-0.2, -0.15) is 0 Å². The minimum Gasteiger partial charge on any atom is -0.466 e. The molecule has 11 heavy (non-hydrogen) atoms. The summed E-state index contributed by atoms with van der Waals surface area (Å²) in [6, 6.07) is -0.845. The van der Waals surface area contributed by atoms with E-state index in [0.29, 0.717) is 0 Å². The maximum atomic E-state index is 10.7. The van der Waals surface area contributed by atoms with Gasteiger partial charge in [-0.15, -0.1) is 0 Å². The summed E-state index contributed by atoms with van der Waals surface area (Å²) < 4.78 is 8.80. The highest BCUT2D eigenvalue weighted by atomic mass is 16.6. The molecule has 6 heteroatoms. The summed E-state index contributed by atoms with van der Waals surface area (Å²) in [5, 5.41) is 2.02. The number of rotatable bonds is 3. The molecular weight excluding hydrogens is 152 g/mol. The molecule has 0 aromatic rings. The van der Waals surface area contributed by atoms with Crippen LogP contribution >= 0.6 is 0 Å². The zero-order valence-corrected chi connectivity index (χ0v) is 6.29. The quantitative estimate of drug-likeness (QED) is 0.403. The molecule has 64 valence electrons. The number of ether oxygens (including phenoxy) is 2. The van der Waals surface area contributed by atoms with E-state index in [0.717, 1.165) is 0 Å². The molecule has 2 amide bonds. The topological polar surface area (TPSA) is 90.6 Å². The van der Waals surface area contributed by atoms with Gasteiger partial charge in [-0.05, 0) is 0 Å². The lowest BCUT2D eigenvalue weighted by Crippen LogP contribution is -2.45. The summed E-state index contributed by atoms with van der Waals surface area (Å²) in [7, 11) is 2.43. The third-order valence-corrected chi connectivity index (χ3v) is 0.924. The van der Waals surface area contributed by atoms with Gasteiger partial charge >= 0.3 is 12.0 Å². The molecule has 0 aliphatic heterocycles. The Labute approximate surface area is 63.6 Å². The van der Waals surface area contributed by atoms with E-state index in [1.165, 1.54) is 14.2 Å². The Bertz CT molecular complexity index is 159. The average molecular weight is 162 g/mol. The number of esters is 1. The predicted molar refractivity (Wildman–Crippen MR) is 35.5 cm³/mol. The van der Waals surface area contributed by atoms with E-state index in [2.05, 4.69) is 9.47 Å². The Morgan fingerprint density at radius 2 is 2.00 bits per heavy atom. The van der Waals surface area contributed by atoms with Crippen LogP contribution in [0.15, 0.2) is 0 Å². The fourth-order valence-corrected chi connectivity index (χ4v) is 0.450. The average Bonchev–Trinajstić information content (AvgIpc) is 1.98. The molecule has 3 N–H and O–H groups in total. The molecule has 0 radical (unpaired) electrons. The van der Waals surface area contributed by atoms with Crippen LogP contribution in [0.2, 0.25) is 0 Å². The molecule has 1 atom stereocenters. The number of hydrogen-bond donors (Lipinski definition) is 2. The van der Waals surface area contributed by atoms with Crippen LogP contribution in [0.1, 0.15) is 0 Å². The van der Waals surface area contributed by atoms with E-state index in [4.69, 9.17) is 5.73 Å². The van der Waals surface area contributed by atoms with Crippen LogP contribution in [0.3, 0.4) is 0 Å². The van der Waals surface area contributed by atoms with Crippen molar-refractivity contribution in [2.75, 3.05) is 14.2 Å². The lowest BCUT2D eigenvalue weighted by Gasteiger charge is -2.11. The first kappa shape index (κ1) is 9.70. The molecule has 0 aliphatic carbocycles. The molecule has 0 aromatic heterocycles. The Morgan fingerprint density at radius 3 is 2.27 bits per heavy atom. The van der Waals surface area contributed by atoms with Gasteiger partial charge in [0.1, 0.15) is 0 Å². The normalized spacial score (nSPS) is 11.8. The number of urea groups is 1. The number of primary amides is 1. The molecule has 0 bridgehead atoms. The first-order valence-corrected chi connectivity index (χ1v) is 2.78. The highest BCUT2D eigenvalue weighted by Crippen LogP contribution is 1.86. The molecule has 0 saturated carbocycles. The third-order valence-electron chi connectivity index (χ3n) is 0.924. The predicted octanol–water partition coefficient (Wildman–Crippen LogP) is -1.20. The molecule has 0 saturated heterocycles. The maximum absolute atomic E-state index is 10.7. The van der Waals surface area contributed by atoms with Crippen molar-refractivity contribution in [1.82, 2.24) is 5.32 Å². The zero-order valence-electron chi connectivity index (χ0n) is 6.29. The smallest absolute Gasteiger partial charge is 0.356 e. The SMILES string of the molecule is COC(=O)[C@@H](NC(N)=O)OC. The van der Waals surface area contributed by atoms with Crippen molar-refractivity contribution in [3.63, 3.8) is 0 Å². The van der Waals surface area contributed by atoms with Crippen molar-refractivity contribution < 1.29 is 19.1 Å². The molecule has 6 nitrogen and oxygen atoms in total. The molecule has 0 aliphatic rings. The first-order chi connectivity index (χ1) is 5.11. The van der Waals surface area contributed by atoms with E-state index >= 15 is 0 Å². The molecule has 0 heterocycles. The largest absolute Gasteiger partial charge is 0.466 e. The lowest BCUT2D eigenvalue weighted by molar-refractivity contribution is -0.153. The van der Waals surface area contributed by atoms with Gasteiger partial charge in [0.15, 0.2) is 0 Å². The Hall–Kier alpha value is -1.30. The maximum Gasteiger partial charge on any atom is 0.356 e. The van der Waals surface area contributed by atoms with Gasteiger partial charge in [-0.3, -0.25) is 0 Å². The van der Waals surface area contributed by atoms with Crippen LogP contribution in [-0.2, 0) is 14.3 Å². The minimum atomic E-state index is -1.13. The number of nitrogens with one attached hydrogen (secondary N) is 1. The van der Waals surface area contributed by atoms with Crippen molar-refractivity contribution in [3.8, 4) is 0 Å². The van der Waals surface area contributed by atoms with E-state index in [-0.39, 0.29) is 0 Å². The van der Waals surface area contributed by atoms with Crippen LogP contribution < -0.4 is 11.1 Å². The number of amides is 2. The highest BCUT2D eigenvalue weighted by molar-refractivity contribution is 5.81. The second kappa shape index (κ2) is 4.51. The number of nitrogens with two attached hydrogens (primary N) is 1. The number of methoxy groups -OCH3 is 2. The third kappa shape index (κ3) is 3.41. The van der Waals surface area contributed by atoms with Crippen LogP contribution in [0.25, 0.3) is 0 Å². The van der Waals surface area contributed by atoms with Gasteiger partial charge in [0, 0.05) is 7.11 Å². The summed E-state index contributed by atoms with van der Waals surface area (Å²) in [6.45, 7) is 0. The minimum absolute atomic E-state index is 0.702. The fourth-order valence-electron chi connectivity index (χ4n) is 0.450. The number of carbonyl (C=O) groups excluding carboxylic acids is 2. The van der Waals surface area contributed by atoms with Crippen LogP contribution in [0.4, 0.5) is 4.79 Å². The summed E-state index contributed by atoms with van der Waals surface area (Å²) in [4.78, 5) is 20.9. The molecule has 0 fully saturated rings. The fraction of sp³-hybridized carbons (Fsp3) is 0.600. The second-order valence-electron chi connectivity index (χ2n) is 1.65. The highest BCUT2D eigenvalue weighted by Gasteiger charge is 2.18. The molecule has 0 unspecified atom stereocenters. The van der Waals surface area contributed by atoms with Gasteiger partial charge in [0.25, 0.3) is 0 Å². The van der Waals surface area contributed by atoms with Crippen LogP contribution in [0, 0.1) is 0 Å². The van der Waals surface area contributed by atoms with Crippen molar-refractivity contribution in [2.24, 2.45) is 5.73 Å². The first-order valence-electron chi connectivity index (χ1n) is 2.78. The van der Waals surface area contributed by atoms with Crippen molar-refractivity contribution in [1.29, 1.82) is 0 Å². The molecular formula is C5H10N2O4. The van der Waals surface area contributed by atoms with Crippen LogP contribution in [-0.4, -0.2) is 32.4 Å². The van der Waals surface area contributed by atoms with Crippen molar-refractivity contribution in [3.05, 3.63) is 0 Å². The van der Waals surface area contributed by atoms with Gasteiger partial charge < -0.3 is 20.5 Å². The van der Waals surface area contributed by atoms with E-state index in [1.54, 1.807) is 0 Å². The summed E-state index contributed by atoms with van der Waals surface area (Å²) in [5.74, 6) is -0.702. The van der Waals surface area contributed by atoms with Crippen LogP contribution in [0.5, 0.6) is 0 Å². The van der Waals surface area contributed by atoms with Gasteiger partial charge in [-0.25, -0.2) is 9.59 Å². The Balaban J connectivity index is 3.94. The molecule has 0 aromatic carbocycles. The monoisotopic (exact) mass is 162 g/mol. The van der Waals surface area contributed by atoms with Gasteiger partial charge in [-0.1, -0.05) is 0 Å². The zero-order chi connectivity index (χ0) is 8.85. The Morgan fingerprint density at radius 1 is 1.45 bits per heavy atom. The van der Waals surface area contributed by atoms with Crippen molar-refractivity contribution in [2.45, 2.75) is 6.23 Å². The molecule has 0 rings (SSSR count). The molecule has 0 spiro atoms. The second-order valence-corrected chi connectivity index (χ2v) is 1.65. The van der Waals surface area contributed by atoms with E-state index < -0.39 is 18.2 Å². The number of hydrogen-bond acceptors (Lipinski definition) is 4. The van der Waals surface area contributed by atoms with E-state index in [1.807, 2.05) is 5.32 Å². The van der Waals surface area contributed by atoms with E-state index in [9.17, 15) is 9.59 Å². The standard InChI is InChI=1S/C5H10N2O4/c1-10-3(4(8)11-2)7-5(6)9/h3H,1-2H3,(H3,6,7,9)/t3-/m0/s1. The summed E-state index contributed by atoms with van der Waals surface area (Å²) in [6.07, 6.45) is -1.13. The van der Waals surface area contributed by atoms with Gasteiger partial charge in [0.2, 0.25) is 6.23 Å².